The zero-order valence-electron chi connectivity index (χ0n) is 45.7. The molecule has 0 atom stereocenters. The van der Waals surface area contributed by atoms with Crippen LogP contribution in [-0.2, 0) is 5.41 Å². The molecule has 13 aromatic carbocycles. The molecule has 1 heterocycles. The molecule has 82 heavy (non-hydrogen) atoms. The van der Waals surface area contributed by atoms with Gasteiger partial charge in [0, 0.05) is 59.7 Å². The van der Waals surface area contributed by atoms with Crippen LogP contribution < -0.4 is 9.80 Å². The highest BCUT2D eigenvalue weighted by Crippen LogP contribution is 2.52. The van der Waals surface area contributed by atoms with Gasteiger partial charge >= 0.3 is 0 Å². The molecule has 3 heteroatoms. The van der Waals surface area contributed by atoms with Gasteiger partial charge in [0.1, 0.15) is 0 Å². The van der Waals surface area contributed by atoms with Crippen molar-refractivity contribution in [2.24, 2.45) is 0 Å². The lowest BCUT2D eigenvalue weighted by Gasteiger charge is -2.31. The molecule has 1 aliphatic rings. The minimum Gasteiger partial charge on any atom is -0.310 e. The molecule has 0 aliphatic heterocycles. The highest BCUT2D eigenvalue weighted by molar-refractivity contribution is 7.26. The van der Waals surface area contributed by atoms with Crippen LogP contribution in [0.15, 0.2) is 303 Å². The lowest BCUT2D eigenvalue weighted by molar-refractivity contribution is 0.660. The van der Waals surface area contributed by atoms with Crippen molar-refractivity contribution in [1.82, 2.24) is 0 Å². The van der Waals surface area contributed by atoms with Crippen LogP contribution in [0.25, 0.3) is 97.7 Å². The van der Waals surface area contributed by atoms with Crippen molar-refractivity contribution in [3.63, 3.8) is 0 Å². The summed E-state index contributed by atoms with van der Waals surface area (Å²) >= 11 is 1.89. The fourth-order valence-corrected chi connectivity index (χ4v) is 13.9. The largest absolute Gasteiger partial charge is 0.310 e. The molecule has 0 radical (unpaired) electrons. The Bertz CT molecular complexity index is 4660. The molecular weight excluding hydrogens is 1010 g/mol. The molecule has 388 valence electrons. The average Bonchev–Trinajstić information content (AvgIpc) is 3.16. The Hall–Kier alpha value is -10.1. The molecule has 0 fully saturated rings. The summed E-state index contributed by atoms with van der Waals surface area (Å²) in [5.41, 5.74) is 23.1. The number of fused-ring (bicyclic) bond motifs is 8. The van der Waals surface area contributed by atoms with Gasteiger partial charge in [0.05, 0.1) is 0 Å². The van der Waals surface area contributed by atoms with Crippen LogP contribution in [0.2, 0.25) is 0 Å². The molecule has 2 nitrogen and oxygen atoms in total. The van der Waals surface area contributed by atoms with E-state index in [0.29, 0.717) is 0 Å². The number of hydrogen-bond donors (Lipinski definition) is 0. The van der Waals surface area contributed by atoms with Crippen LogP contribution in [0, 0.1) is 0 Å². The van der Waals surface area contributed by atoms with Gasteiger partial charge in [-0.1, -0.05) is 220 Å². The standard InChI is InChI=1S/C79H56N2S/c1-79(2)75-36-18-17-35-71(75)72-41-39-66(52-76(72)79)80(64-30-11-5-12-31-64)68-48-63(49-69(51-68)81(65-32-13-6-14-33-65)67-46-61(53-21-7-3-8-22-53)45-62(47-67)54-23-9-4-10-24-54)59-29-20-27-57(44-59)56-26-19-28-58(43-56)60-38-42-77-74(50-60)73-40-37-55-25-15-16-34-70(55)78(73)82-77/h3-52H,1-2H3. The molecular formula is C79H56N2S. The molecule has 0 saturated heterocycles. The first kappa shape index (κ1) is 49.0. The second kappa shape index (κ2) is 20.2. The van der Waals surface area contributed by atoms with Gasteiger partial charge in [-0.15, -0.1) is 11.3 Å². The van der Waals surface area contributed by atoms with Crippen molar-refractivity contribution in [2.45, 2.75) is 19.3 Å². The Balaban J connectivity index is 0.916. The minimum absolute atomic E-state index is 0.181. The molecule has 0 amide bonds. The summed E-state index contributed by atoms with van der Waals surface area (Å²) in [6.07, 6.45) is 0. The van der Waals surface area contributed by atoms with E-state index in [9.17, 15) is 0 Å². The van der Waals surface area contributed by atoms with Crippen molar-refractivity contribution in [3.8, 4) is 66.8 Å². The second-order valence-corrected chi connectivity index (χ2v) is 23.2. The van der Waals surface area contributed by atoms with Gasteiger partial charge in [-0.05, 0) is 186 Å². The SMILES string of the molecule is CC1(C)c2ccccc2-c2ccc(N(c3ccccc3)c3cc(-c4cccc(-c5cccc(-c6ccc7sc8c9ccccc9ccc8c7c6)c5)c4)cc(N(c4ccccc4)c4cc(-c5ccccc5)cc(-c5ccccc5)c4)c3)cc21. The van der Waals surface area contributed by atoms with Gasteiger partial charge in [-0.2, -0.15) is 0 Å². The fraction of sp³-hybridized carbons (Fsp3) is 0.0380. The minimum atomic E-state index is -0.181. The van der Waals surface area contributed by atoms with E-state index in [1.165, 1.54) is 69.9 Å². The maximum absolute atomic E-state index is 2.45. The van der Waals surface area contributed by atoms with Crippen molar-refractivity contribution >= 4 is 76.4 Å². The van der Waals surface area contributed by atoms with Gasteiger partial charge in [0.2, 0.25) is 0 Å². The number of anilines is 6. The highest BCUT2D eigenvalue weighted by atomic mass is 32.1. The van der Waals surface area contributed by atoms with Crippen molar-refractivity contribution < 1.29 is 0 Å². The number of para-hydroxylation sites is 2. The predicted octanol–water partition coefficient (Wildman–Crippen LogP) is 22.8. The average molecular weight is 1070 g/mol. The Labute approximate surface area is 483 Å². The number of thiophene rings is 1. The van der Waals surface area contributed by atoms with Crippen molar-refractivity contribution in [2.75, 3.05) is 9.80 Å². The first-order valence-electron chi connectivity index (χ1n) is 28.3. The molecule has 0 N–H and O–H groups in total. The van der Waals surface area contributed by atoms with E-state index < -0.39 is 0 Å². The Morgan fingerprint density at radius 3 is 1.34 bits per heavy atom. The summed E-state index contributed by atoms with van der Waals surface area (Å²) < 4.78 is 2.66. The van der Waals surface area contributed by atoms with Gasteiger partial charge in [0.25, 0.3) is 0 Å². The van der Waals surface area contributed by atoms with E-state index in [1.807, 2.05) is 11.3 Å². The van der Waals surface area contributed by atoms with E-state index in [-0.39, 0.29) is 5.41 Å². The summed E-state index contributed by atoms with van der Waals surface area (Å²) in [7, 11) is 0. The van der Waals surface area contributed by atoms with Gasteiger partial charge in [-0.25, -0.2) is 0 Å². The molecule has 15 rings (SSSR count). The van der Waals surface area contributed by atoms with E-state index in [0.717, 1.165) is 73.1 Å². The number of hydrogen-bond acceptors (Lipinski definition) is 3. The van der Waals surface area contributed by atoms with E-state index in [1.54, 1.807) is 0 Å². The maximum Gasteiger partial charge on any atom is 0.0488 e. The van der Waals surface area contributed by atoms with Gasteiger partial charge < -0.3 is 9.80 Å². The van der Waals surface area contributed by atoms with Crippen LogP contribution in [0.3, 0.4) is 0 Å². The van der Waals surface area contributed by atoms with Crippen molar-refractivity contribution in [3.05, 3.63) is 314 Å². The zero-order valence-corrected chi connectivity index (χ0v) is 46.5. The monoisotopic (exact) mass is 1060 g/mol. The molecule has 0 unspecified atom stereocenters. The normalized spacial score (nSPS) is 12.4. The molecule has 0 saturated carbocycles. The summed E-state index contributed by atoms with van der Waals surface area (Å²) in [6, 6.07) is 112. The molecule has 1 aromatic heterocycles. The third-order valence-electron chi connectivity index (χ3n) is 16.7. The van der Waals surface area contributed by atoms with Gasteiger partial charge in [-0.3, -0.25) is 0 Å². The Morgan fingerprint density at radius 2 is 0.720 bits per heavy atom. The summed E-state index contributed by atoms with van der Waals surface area (Å²) in [6.45, 7) is 4.73. The molecule has 0 spiro atoms. The maximum atomic E-state index is 2.45. The number of rotatable bonds is 11. The van der Waals surface area contributed by atoms with Crippen molar-refractivity contribution in [1.29, 1.82) is 0 Å². The first-order chi connectivity index (χ1) is 40.4. The quantitative estimate of drug-likeness (QED) is 0.127. The second-order valence-electron chi connectivity index (χ2n) is 22.1. The Morgan fingerprint density at radius 1 is 0.256 bits per heavy atom. The van der Waals surface area contributed by atoms with E-state index in [2.05, 4.69) is 327 Å². The highest BCUT2D eigenvalue weighted by Gasteiger charge is 2.36. The fourth-order valence-electron chi connectivity index (χ4n) is 12.7. The van der Waals surface area contributed by atoms with Crippen LogP contribution in [-0.4, -0.2) is 0 Å². The lowest BCUT2D eigenvalue weighted by Crippen LogP contribution is -2.17. The third kappa shape index (κ3) is 8.75. The smallest absolute Gasteiger partial charge is 0.0488 e. The topological polar surface area (TPSA) is 6.48 Å². The Kier molecular flexibility index (Phi) is 12.1. The molecule has 14 aromatic rings. The number of benzene rings is 13. The van der Waals surface area contributed by atoms with Crippen LogP contribution in [0.4, 0.5) is 34.1 Å². The van der Waals surface area contributed by atoms with Gasteiger partial charge in [0.15, 0.2) is 0 Å². The lowest BCUT2D eigenvalue weighted by atomic mass is 9.82. The summed E-state index contributed by atoms with van der Waals surface area (Å²) in [5.74, 6) is 0. The predicted molar refractivity (Wildman–Crippen MR) is 351 cm³/mol. The third-order valence-corrected chi connectivity index (χ3v) is 18.0. The summed E-state index contributed by atoms with van der Waals surface area (Å²) in [5, 5.41) is 5.21. The number of nitrogens with zero attached hydrogens (tertiary/aromatic N) is 2. The molecule has 0 bridgehead atoms. The van der Waals surface area contributed by atoms with E-state index >= 15 is 0 Å². The summed E-state index contributed by atoms with van der Waals surface area (Å²) in [4.78, 5) is 4.90. The first-order valence-corrected chi connectivity index (χ1v) is 29.1. The zero-order chi connectivity index (χ0) is 54.7. The molecule has 1 aliphatic carbocycles. The van der Waals surface area contributed by atoms with Crippen LogP contribution in [0.1, 0.15) is 25.0 Å². The van der Waals surface area contributed by atoms with E-state index in [4.69, 9.17) is 0 Å². The van der Waals surface area contributed by atoms with Crippen LogP contribution >= 0.6 is 11.3 Å². The van der Waals surface area contributed by atoms with Crippen LogP contribution in [0.5, 0.6) is 0 Å².